The van der Waals surface area contributed by atoms with E-state index in [0.29, 0.717) is 0 Å². The highest BCUT2D eigenvalue weighted by atomic mass is 16.4. The maximum atomic E-state index is 10.5. The average molecular weight is 160 g/mol. The molecule has 0 fully saturated rings. The van der Waals surface area contributed by atoms with Crippen LogP contribution in [0.25, 0.3) is 0 Å². The molecule has 0 bridgehead atoms. The summed E-state index contributed by atoms with van der Waals surface area (Å²) in [5, 5.41) is 8.64. The van der Waals surface area contributed by atoms with Gasteiger partial charge in [-0.3, -0.25) is 4.79 Å². The van der Waals surface area contributed by atoms with Crippen molar-refractivity contribution in [1.29, 1.82) is 0 Å². The highest BCUT2D eigenvalue weighted by Crippen LogP contribution is 2.12. The van der Waals surface area contributed by atoms with Gasteiger partial charge in [0.1, 0.15) is 0 Å². The Morgan fingerprint density at radius 1 is 1.27 bits per heavy atom. The van der Waals surface area contributed by atoms with Crippen molar-refractivity contribution in [2.24, 2.45) is 5.92 Å². The second kappa shape index (κ2) is 7.58. The first-order valence-electron chi connectivity index (χ1n) is 3.95. The topological polar surface area (TPSA) is 37.3 Å². The Bertz CT molecular complexity index is 93.7. The molecule has 0 heterocycles. The number of hydrogen-bond acceptors (Lipinski definition) is 1. The molecule has 0 saturated carbocycles. The largest absolute Gasteiger partial charge is 0.481 e. The van der Waals surface area contributed by atoms with Gasteiger partial charge in [0.25, 0.3) is 0 Å². The Balaban J connectivity index is 0. The molecule has 0 aromatic heterocycles. The summed E-state index contributed by atoms with van der Waals surface area (Å²) in [5.74, 6) is -0.737. The minimum atomic E-state index is -0.635. The number of aliphatic carboxylic acids is 1. The van der Waals surface area contributed by atoms with Gasteiger partial charge in [-0.25, -0.2) is 0 Å². The van der Waals surface area contributed by atoms with E-state index in [1.807, 2.05) is 13.8 Å². The van der Waals surface area contributed by atoms with Gasteiger partial charge in [0.15, 0.2) is 0 Å². The quantitative estimate of drug-likeness (QED) is 0.671. The Morgan fingerprint density at radius 2 is 1.64 bits per heavy atom. The third kappa shape index (κ3) is 5.89. The first kappa shape index (κ1) is 13.1. The molecule has 0 aromatic carbocycles. The van der Waals surface area contributed by atoms with E-state index < -0.39 is 5.97 Å². The lowest BCUT2D eigenvalue weighted by Gasteiger charge is -2.07. The fraction of sp³-hybridized carbons (Fsp3) is 0.889. The number of rotatable bonds is 5. The lowest BCUT2D eigenvalue weighted by atomic mass is 9.99. The maximum Gasteiger partial charge on any atom is 0.306 e. The van der Waals surface area contributed by atoms with Crippen molar-refractivity contribution in [2.45, 2.75) is 47.0 Å². The van der Waals surface area contributed by atoms with Crippen LogP contribution in [0, 0.1) is 5.92 Å². The van der Waals surface area contributed by atoms with Crippen LogP contribution in [0.3, 0.4) is 0 Å². The summed E-state index contributed by atoms with van der Waals surface area (Å²) >= 11 is 0. The molecular formula is C9H20O2. The van der Waals surface area contributed by atoms with Gasteiger partial charge in [0, 0.05) is 0 Å². The lowest BCUT2D eigenvalue weighted by Crippen LogP contribution is -2.12. The summed E-state index contributed by atoms with van der Waals surface area (Å²) in [6, 6.07) is 0. The molecule has 0 aromatic rings. The molecule has 68 valence electrons. The molecule has 0 atom stereocenters. The monoisotopic (exact) mass is 160 g/mol. The fourth-order valence-electron chi connectivity index (χ4n) is 1.09. The molecule has 0 rings (SSSR count). The molecule has 2 heteroatoms. The van der Waals surface area contributed by atoms with Crippen LogP contribution in [0.15, 0.2) is 0 Å². The molecule has 0 unspecified atom stereocenters. The molecule has 1 N–H and O–H groups in total. The standard InChI is InChI=1S/C8H16O2.CH4/c1-3-5-7(6-4-2)8(9)10;/h7H,3-6H2,1-2H3,(H,9,10);1H4. The normalized spacial score (nSPS) is 9.36. The molecule has 0 aliphatic carbocycles. The minimum Gasteiger partial charge on any atom is -0.481 e. The molecule has 0 aliphatic heterocycles. The zero-order chi connectivity index (χ0) is 7.98. The smallest absolute Gasteiger partial charge is 0.306 e. The Morgan fingerprint density at radius 3 is 1.82 bits per heavy atom. The number of carboxylic acids is 1. The Hall–Kier alpha value is -0.530. The van der Waals surface area contributed by atoms with Gasteiger partial charge in [-0.1, -0.05) is 34.1 Å². The summed E-state index contributed by atoms with van der Waals surface area (Å²) in [5.41, 5.74) is 0. The molecule has 0 saturated heterocycles. The number of carboxylic acid groups (broad SMARTS) is 1. The van der Waals surface area contributed by atoms with Crippen LogP contribution in [-0.2, 0) is 4.79 Å². The average Bonchev–Trinajstić information content (AvgIpc) is 1.87. The fourth-order valence-corrected chi connectivity index (χ4v) is 1.09. The summed E-state index contributed by atoms with van der Waals surface area (Å²) < 4.78 is 0. The first-order chi connectivity index (χ1) is 4.72. The van der Waals surface area contributed by atoms with Gasteiger partial charge in [-0.2, -0.15) is 0 Å². The highest BCUT2D eigenvalue weighted by molar-refractivity contribution is 5.69. The number of carbonyl (C=O) groups is 1. The second-order valence-corrected chi connectivity index (χ2v) is 2.61. The van der Waals surface area contributed by atoms with E-state index in [2.05, 4.69) is 0 Å². The van der Waals surface area contributed by atoms with Crippen LogP contribution in [0.1, 0.15) is 47.0 Å². The van der Waals surface area contributed by atoms with Crippen molar-refractivity contribution in [3.05, 3.63) is 0 Å². The third-order valence-corrected chi connectivity index (χ3v) is 1.62. The van der Waals surface area contributed by atoms with Gasteiger partial charge in [0.2, 0.25) is 0 Å². The SMILES string of the molecule is C.CCCC(CCC)C(=O)O. The molecular weight excluding hydrogens is 140 g/mol. The zero-order valence-corrected chi connectivity index (χ0v) is 6.76. The lowest BCUT2D eigenvalue weighted by molar-refractivity contribution is -0.142. The summed E-state index contributed by atoms with van der Waals surface area (Å²) in [7, 11) is 0. The molecule has 0 spiro atoms. The van der Waals surface area contributed by atoms with E-state index in [9.17, 15) is 4.79 Å². The number of hydrogen-bond donors (Lipinski definition) is 1. The molecule has 0 aliphatic rings. The van der Waals surface area contributed by atoms with Crippen LogP contribution in [-0.4, -0.2) is 11.1 Å². The van der Waals surface area contributed by atoms with Gasteiger partial charge < -0.3 is 5.11 Å². The Labute approximate surface area is 69.6 Å². The van der Waals surface area contributed by atoms with E-state index in [1.165, 1.54) is 0 Å². The van der Waals surface area contributed by atoms with Gasteiger partial charge in [-0.15, -0.1) is 0 Å². The van der Waals surface area contributed by atoms with Crippen LogP contribution in [0.5, 0.6) is 0 Å². The first-order valence-corrected chi connectivity index (χ1v) is 3.95. The van der Waals surface area contributed by atoms with E-state index in [4.69, 9.17) is 5.11 Å². The van der Waals surface area contributed by atoms with E-state index in [-0.39, 0.29) is 13.3 Å². The molecule has 2 nitrogen and oxygen atoms in total. The van der Waals surface area contributed by atoms with Crippen LogP contribution in [0.4, 0.5) is 0 Å². The van der Waals surface area contributed by atoms with Crippen LogP contribution < -0.4 is 0 Å². The van der Waals surface area contributed by atoms with E-state index in [1.54, 1.807) is 0 Å². The zero-order valence-electron chi connectivity index (χ0n) is 6.76. The van der Waals surface area contributed by atoms with Crippen molar-refractivity contribution >= 4 is 5.97 Å². The predicted molar refractivity (Wildman–Crippen MR) is 47.7 cm³/mol. The molecule has 11 heavy (non-hydrogen) atoms. The second-order valence-electron chi connectivity index (χ2n) is 2.61. The van der Waals surface area contributed by atoms with Crippen molar-refractivity contribution < 1.29 is 9.90 Å². The van der Waals surface area contributed by atoms with Gasteiger partial charge in [0.05, 0.1) is 5.92 Å². The summed E-state index contributed by atoms with van der Waals surface area (Å²) in [6.45, 7) is 4.04. The van der Waals surface area contributed by atoms with Gasteiger partial charge in [-0.05, 0) is 12.8 Å². The van der Waals surface area contributed by atoms with Crippen molar-refractivity contribution in [3.63, 3.8) is 0 Å². The van der Waals surface area contributed by atoms with Crippen molar-refractivity contribution in [2.75, 3.05) is 0 Å². The van der Waals surface area contributed by atoms with Gasteiger partial charge >= 0.3 is 5.97 Å². The molecule has 0 amide bonds. The van der Waals surface area contributed by atoms with Crippen LogP contribution in [0.2, 0.25) is 0 Å². The summed E-state index contributed by atoms with van der Waals surface area (Å²) in [4.78, 5) is 10.5. The van der Waals surface area contributed by atoms with E-state index in [0.717, 1.165) is 25.7 Å². The van der Waals surface area contributed by atoms with Crippen molar-refractivity contribution in [1.82, 2.24) is 0 Å². The van der Waals surface area contributed by atoms with Crippen molar-refractivity contribution in [3.8, 4) is 0 Å². The Kier molecular flexibility index (Phi) is 9.01. The minimum absolute atomic E-state index is 0. The van der Waals surface area contributed by atoms with Crippen LogP contribution >= 0.6 is 0 Å². The third-order valence-electron chi connectivity index (χ3n) is 1.62. The predicted octanol–water partition coefficient (Wildman–Crippen LogP) is 2.92. The summed E-state index contributed by atoms with van der Waals surface area (Å²) in [6.07, 6.45) is 3.58. The highest BCUT2D eigenvalue weighted by Gasteiger charge is 2.13. The maximum absolute atomic E-state index is 10.5. The van der Waals surface area contributed by atoms with E-state index >= 15 is 0 Å². The molecule has 0 radical (unpaired) electrons.